The summed E-state index contributed by atoms with van der Waals surface area (Å²) in [5.41, 5.74) is -0.106. The third-order valence-electron chi connectivity index (χ3n) is 2.12. The predicted molar refractivity (Wildman–Crippen MR) is 57.6 cm³/mol. The summed E-state index contributed by atoms with van der Waals surface area (Å²) < 4.78 is 4.76. The molecular weight excluding hydrogens is 210 g/mol. The van der Waals surface area contributed by atoms with E-state index in [0.29, 0.717) is 5.84 Å². The molecule has 0 spiro atoms. The van der Waals surface area contributed by atoms with Gasteiger partial charge in [-0.3, -0.25) is 4.90 Å². The number of aliphatic hydroxyl groups excluding tert-OH is 1. The summed E-state index contributed by atoms with van der Waals surface area (Å²) in [5, 5.41) is 17.4. The summed E-state index contributed by atoms with van der Waals surface area (Å²) in [6, 6.07) is 0. The van der Waals surface area contributed by atoms with Crippen LogP contribution in [0.1, 0.15) is 6.92 Å². The van der Waals surface area contributed by atoms with Crippen LogP contribution in [-0.4, -0.2) is 40.4 Å². The van der Waals surface area contributed by atoms with Gasteiger partial charge in [0.15, 0.2) is 17.8 Å². The van der Waals surface area contributed by atoms with E-state index in [-0.39, 0.29) is 12.3 Å². The van der Waals surface area contributed by atoms with Crippen molar-refractivity contribution in [3.05, 3.63) is 24.4 Å². The molecule has 6 nitrogen and oxygen atoms in total. The molecule has 6 heteroatoms. The lowest BCUT2D eigenvalue weighted by Gasteiger charge is -2.29. The minimum atomic E-state index is -1.15. The van der Waals surface area contributed by atoms with Crippen molar-refractivity contribution in [1.29, 1.82) is 0 Å². The lowest BCUT2D eigenvalue weighted by Crippen LogP contribution is -2.47. The van der Waals surface area contributed by atoms with Gasteiger partial charge in [-0.1, -0.05) is 6.08 Å². The van der Waals surface area contributed by atoms with Gasteiger partial charge in [0.05, 0.1) is 6.61 Å². The third kappa shape index (κ3) is 1.74. The van der Waals surface area contributed by atoms with Gasteiger partial charge < -0.3 is 9.84 Å². The van der Waals surface area contributed by atoms with Crippen LogP contribution in [0, 0.1) is 0 Å². The minimum Gasteiger partial charge on any atom is -0.461 e. The van der Waals surface area contributed by atoms with Gasteiger partial charge in [-0.15, -0.1) is 10.2 Å². The molecule has 0 radical (unpaired) electrons. The highest BCUT2D eigenvalue weighted by Crippen LogP contribution is 2.13. The second-order valence-corrected chi connectivity index (χ2v) is 3.15. The summed E-state index contributed by atoms with van der Waals surface area (Å²) in [5.74, 6) is -0.163. The molecule has 2 aliphatic rings. The quantitative estimate of drug-likeness (QED) is 0.667. The summed E-state index contributed by atoms with van der Waals surface area (Å²) in [7, 11) is 0. The zero-order chi connectivity index (χ0) is 11.5. The number of rotatable bonds is 2. The second-order valence-electron chi connectivity index (χ2n) is 3.15. The number of hydrogen-bond acceptors (Lipinski definition) is 6. The standard InChI is InChI=1S/C10H11N3O3/c1-2-16-10(15)8-9(14)13-6-4-3-5-7(13)11-12-8/h3-6,9,14H,2H2,1H3/t9-/m0/s1. The van der Waals surface area contributed by atoms with Gasteiger partial charge in [0.2, 0.25) is 0 Å². The van der Waals surface area contributed by atoms with Crippen molar-refractivity contribution in [1.82, 2.24) is 4.90 Å². The number of allylic oxidation sites excluding steroid dienone is 2. The third-order valence-corrected chi connectivity index (χ3v) is 2.12. The highest BCUT2D eigenvalue weighted by atomic mass is 16.5. The van der Waals surface area contributed by atoms with Crippen LogP contribution in [0.3, 0.4) is 0 Å². The Kier molecular flexibility index (Phi) is 2.82. The van der Waals surface area contributed by atoms with Crippen molar-refractivity contribution in [2.45, 2.75) is 13.2 Å². The fourth-order valence-electron chi connectivity index (χ4n) is 1.38. The van der Waals surface area contributed by atoms with E-state index in [1.807, 2.05) is 0 Å². The molecule has 1 N–H and O–H groups in total. The Bertz CT molecular complexity index is 423. The molecule has 0 aliphatic carbocycles. The lowest BCUT2D eigenvalue weighted by molar-refractivity contribution is -0.135. The van der Waals surface area contributed by atoms with E-state index in [1.54, 1.807) is 31.4 Å². The van der Waals surface area contributed by atoms with Crippen LogP contribution in [0.15, 0.2) is 34.6 Å². The smallest absolute Gasteiger partial charge is 0.359 e. The lowest BCUT2D eigenvalue weighted by atomic mass is 10.2. The van der Waals surface area contributed by atoms with Gasteiger partial charge in [0.1, 0.15) is 0 Å². The van der Waals surface area contributed by atoms with Crippen molar-refractivity contribution >= 4 is 17.5 Å². The first-order valence-electron chi connectivity index (χ1n) is 4.88. The Hall–Kier alpha value is -1.95. The summed E-state index contributed by atoms with van der Waals surface area (Å²) in [4.78, 5) is 12.9. The van der Waals surface area contributed by atoms with Gasteiger partial charge in [0.25, 0.3) is 0 Å². The topological polar surface area (TPSA) is 74.5 Å². The van der Waals surface area contributed by atoms with E-state index in [9.17, 15) is 9.90 Å². The van der Waals surface area contributed by atoms with Crippen LogP contribution >= 0.6 is 0 Å². The molecule has 0 aromatic carbocycles. The number of esters is 1. The van der Waals surface area contributed by atoms with Crippen molar-refractivity contribution < 1.29 is 14.6 Å². The predicted octanol–water partition coefficient (Wildman–Crippen LogP) is 0.0215. The molecule has 16 heavy (non-hydrogen) atoms. The van der Waals surface area contributed by atoms with Crippen LogP contribution < -0.4 is 0 Å². The average molecular weight is 221 g/mol. The van der Waals surface area contributed by atoms with Gasteiger partial charge in [-0.2, -0.15) is 0 Å². The Morgan fingerprint density at radius 3 is 3.12 bits per heavy atom. The molecule has 0 unspecified atom stereocenters. The molecule has 0 saturated heterocycles. The Balaban J connectivity index is 2.25. The molecule has 0 fully saturated rings. The molecule has 1 atom stereocenters. The van der Waals surface area contributed by atoms with Crippen LogP contribution in [-0.2, 0) is 9.53 Å². The highest BCUT2D eigenvalue weighted by molar-refractivity contribution is 6.39. The minimum absolute atomic E-state index is 0.106. The molecule has 2 heterocycles. The maximum absolute atomic E-state index is 11.4. The number of ether oxygens (including phenoxy) is 1. The van der Waals surface area contributed by atoms with Crippen molar-refractivity contribution in [3.63, 3.8) is 0 Å². The monoisotopic (exact) mass is 221 g/mol. The zero-order valence-electron chi connectivity index (χ0n) is 8.70. The molecule has 0 aromatic rings. The first-order chi connectivity index (χ1) is 7.74. The maximum Gasteiger partial charge on any atom is 0.359 e. The normalized spacial score (nSPS) is 22.4. The average Bonchev–Trinajstić information content (AvgIpc) is 2.30. The number of fused-ring (bicyclic) bond motifs is 1. The number of nitrogens with zero attached hydrogens (tertiary/aromatic N) is 3. The fraction of sp³-hybridized carbons (Fsp3) is 0.300. The molecule has 0 bridgehead atoms. The van der Waals surface area contributed by atoms with E-state index in [0.717, 1.165) is 0 Å². The summed E-state index contributed by atoms with van der Waals surface area (Å²) >= 11 is 0. The van der Waals surface area contributed by atoms with Gasteiger partial charge >= 0.3 is 5.97 Å². The fourth-order valence-corrected chi connectivity index (χ4v) is 1.38. The van der Waals surface area contributed by atoms with Gasteiger partial charge in [-0.25, -0.2) is 4.79 Å². The summed E-state index contributed by atoms with van der Waals surface area (Å²) in [6.45, 7) is 1.92. The maximum atomic E-state index is 11.4. The van der Waals surface area contributed by atoms with Crippen LogP contribution in [0.5, 0.6) is 0 Å². The number of amidine groups is 1. The molecule has 2 aliphatic heterocycles. The molecule has 0 amide bonds. The zero-order valence-corrected chi connectivity index (χ0v) is 8.70. The van der Waals surface area contributed by atoms with E-state index in [4.69, 9.17) is 4.74 Å². The van der Waals surface area contributed by atoms with Crippen LogP contribution in [0.2, 0.25) is 0 Å². The van der Waals surface area contributed by atoms with Gasteiger partial charge in [0, 0.05) is 6.20 Å². The summed E-state index contributed by atoms with van der Waals surface area (Å²) in [6.07, 6.45) is 5.67. The highest BCUT2D eigenvalue weighted by Gasteiger charge is 2.32. The SMILES string of the molecule is CCOC(=O)C1=NN=C2C=CC=CN2[C@H]1O. The molecular formula is C10H11N3O3. The molecule has 84 valence electrons. The van der Waals surface area contributed by atoms with Crippen molar-refractivity contribution in [2.75, 3.05) is 6.61 Å². The Morgan fingerprint density at radius 2 is 2.38 bits per heavy atom. The van der Waals surface area contributed by atoms with Crippen LogP contribution in [0.25, 0.3) is 0 Å². The second kappa shape index (κ2) is 4.28. The number of carbonyl (C=O) groups is 1. The van der Waals surface area contributed by atoms with E-state index in [2.05, 4.69) is 10.2 Å². The van der Waals surface area contributed by atoms with E-state index < -0.39 is 12.2 Å². The molecule has 2 rings (SSSR count). The van der Waals surface area contributed by atoms with Gasteiger partial charge in [-0.05, 0) is 19.1 Å². The van der Waals surface area contributed by atoms with E-state index >= 15 is 0 Å². The number of carbonyl (C=O) groups excluding carboxylic acids is 1. The van der Waals surface area contributed by atoms with E-state index in [1.165, 1.54) is 4.90 Å². The van der Waals surface area contributed by atoms with Crippen LogP contribution in [0.4, 0.5) is 0 Å². The number of aliphatic hydroxyl groups is 1. The largest absolute Gasteiger partial charge is 0.461 e. The number of hydrogen-bond donors (Lipinski definition) is 1. The van der Waals surface area contributed by atoms with Crippen molar-refractivity contribution in [3.8, 4) is 0 Å². The molecule has 0 saturated carbocycles. The van der Waals surface area contributed by atoms with Crippen molar-refractivity contribution in [2.24, 2.45) is 10.2 Å². The first-order valence-corrected chi connectivity index (χ1v) is 4.88. The molecule has 0 aromatic heterocycles. The first kappa shape index (κ1) is 10.6. The Morgan fingerprint density at radius 1 is 1.56 bits per heavy atom. The Labute approximate surface area is 92.2 Å².